The number of fused-ring (bicyclic) bond motifs is 5. The minimum Gasteiger partial charge on any atom is -0.431 e. The molecule has 1 aliphatic heterocycles. The van der Waals surface area contributed by atoms with E-state index in [4.69, 9.17) is 24.5 Å². The van der Waals surface area contributed by atoms with Gasteiger partial charge in [0.1, 0.15) is 11.4 Å². The molecule has 0 saturated heterocycles. The van der Waals surface area contributed by atoms with Crippen LogP contribution in [0.4, 0.5) is 0 Å². The van der Waals surface area contributed by atoms with Crippen LogP contribution in [0.15, 0.2) is 31.7 Å². The summed E-state index contributed by atoms with van der Waals surface area (Å²) in [4.78, 5) is 0. The molecule has 38 heavy (non-hydrogen) atoms. The fourth-order valence-corrected chi connectivity index (χ4v) is 17.9. The molecule has 6 N–H and O–H groups in total. The van der Waals surface area contributed by atoms with Gasteiger partial charge in [-0.2, -0.15) is 13.5 Å². The molecule has 2 fully saturated rings. The summed E-state index contributed by atoms with van der Waals surface area (Å²) in [5, 5.41) is 27.8. The molecule has 0 spiro atoms. The first-order valence-electron chi connectivity index (χ1n) is 13.5. The third-order valence-electron chi connectivity index (χ3n) is 9.62. The number of benzene rings is 1. The molecule has 2 saturated carbocycles. The summed E-state index contributed by atoms with van der Waals surface area (Å²) in [6.45, 7) is 2.23. The van der Waals surface area contributed by atoms with Gasteiger partial charge in [0.15, 0.2) is 0 Å². The Morgan fingerprint density at radius 1 is 0.947 bits per heavy atom. The van der Waals surface area contributed by atoms with Crippen LogP contribution in [0, 0.1) is 29.6 Å². The van der Waals surface area contributed by atoms with Crippen LogP contribution in [0.25, 0.3) is 0 Å². The zero-order chi connectivity index (χ0) is 27.4. The zero-order valence-electron chi connectivity index (χ0n) is 23.3. The summed E-state index contributed by atoms with van der Waals surface area (Å²) in [7, 11) is 1.63. The van der Waals surface area contributed by atoms with E-state index in [0.29, 0.717) is 17.8 Å². The van der Waals surface area contributed by atoms with Crippen LogP contribution in [0.1, 0.15) is 56.1 Å². The highest BCUT2D eigenvalue weighted by molar-refractivity contribution is 7.82. The predicted octanol–water partition coefficient (Wildman–Crippen LogP) is 5.24. The Hall–Kier alpha value is -0.970. The quantitative estimate of drug-likeness (QED) is 0.193. The average molecular weight is 581 g/mol. The predicted molar refractivity (Wildman–Crippen MR) is 159 cm³/mol. The van der Waals surface area contributed by atoms with E-state index in [1.165, 1.54) is 11.1 Å². The van der Waals surface area contributed by atoms with Crippen LogP contribution in [0.5, 0.6) is 5.75 Å². The maximum Gasteiger partial charge on any atom is 0.330 e. The molecule has 5 rings (SSSR count). The maximum atomic E-state index is 11.2. The first kappa shape index (κ1) is 28.6. The minimum absolute atomic E-state index is 0.186. The topological polar surface area (TPSA) is 127 Å². The van der Waals surface area contributed by atoms with Crippen molar-refractivity contribution in [2.24, 2.45) is 30.8 Å². The van der Waals surface area contributed by atoms with Crippen LogP contribution in [0.2, 0.25) is 0 Å². The van der Waals surface area contributed by atoms with Gasteiger partial charge >= 0.3 is 7.58 Å². The summed E-state index contributed by atoms with van der Waals surface area (Å²) in [6.07, 6.45) is 11.7. The zero-order valence-corrected chi connectivity index (χ0v) is 26.0. The van der Waals surface area contributed by atoms with Gasteiger partial charge in [0.2, 0.25) is 15.0 Å². The van der Waals surface area contributed by atoms with Crippen molar-refractivity contribution >= 4 is 22.6 Å². The van der Waals surface area contributed by atoms with Gasteiger partial charge in [-0.15, -0.1) is 6.42 Å². The van der Waals surface area contributed by atoms with Crippen molar-refractivity contribution in [3.8, 4) is 18.1 Å². The SMILES string of the molecule is C#C[C@]1(O)CC[C@H]2[C@@H]3CCc4cc(OP5(NC)=NP(NC)(NC)=NP(NC)(NC)=N5)ccc4[C@H]3CC[C@@]21C. The smallest absolute Gasteiger partial charge is 0.330 e. The molecule has 4 aliphatic rings. The number of aryl methyl sites for hydroxylation is 1. The van der Waals surface area contributed by atoms with Crippen molar-refractivity contribution in [3.05, 3.63) is 29.3 Å². The van der Waals surface area contributed by atoms with Gasteiger partial charge in [-0.1, -0.05) is 18.9 Å². The Morgan fingerprint density at radius 3 is 2.26 bits per heavy atom. The van der Waals surface area contributed by atoms with Crippen LogP contribution < -0.4 is 30.0 Å². The second kappa shape index (κ2) is 10.1. The minimum atomic E-state index is -2.80. The highest BCUT2D eigenvalue weighted by atomic mass is 31.3. The highest BCUT2D eigenvalue weighted by Crippen LogP contribution is 2.71. The van der Waals surface area contributed by atoms with E-state index in [-0.39, 0.29) is 5.41 Å². The van der Waals surface area contributed by atoms with Gasteiger partial charge < -0.3 is 9.63 Å². The molecule has 1 aromatic carbocycles. The molecule has 1 aromatic rings. The van der Waals surface area contributed by atoms with Crippen molar-refractivity contribution in [2.45, 2.75) is 57.0 Å². The van der Waals surface area contributed by atoms with Crippen molar-refractivity contribution < 1.29 is 9.63 Å². The maximum absolute atomic E-state index is 11.2. The molecule has 0 radical (unpaired) electrons. The summed E-state index contributed by atoms with van der Waals surface area (Å²) in [5.41, 5.74) is 1.62. The van der Waals surface area contributed by atoms with Gasteiger partial charge in [-0.25, -0.2) is 5.09 Å². The lowest BCUT2D eigenvalue weighted by molar-refractivity contribution is -0.0646. The number of aliphatic hydroxyl groups is 1. The first-order valence-corrected chi connectivity index (χ1v) is 18.5. The normalized spacial score (nSPS) is 38.3. The fraction of sp³-hybridized carbons (Fsp3) is 0.680. The number of hydrogen-bond acceptors (Lipinski definition) is 10. The van der Waals surface area contributed by atoms with Gasteiger partial charge in [-0.05, 0) is 115 Å². The van der Waals surface area contributed by atoms with Crippen LogP contribution in [-0.4, -0.2) is 45.9 Å². The number of nitrogens with zero attached hydrogens (tertiary/aromatic N) is 3. The van der Waals surface area contributed by atoms with Gasteiger partial charge in [0.25, 0.3) is 0 Å². The number of hydrogen-bond donors (Lipinski definition) is 6. The molecule has 0 amide bonds. The third-order valence-corrected chi connectivity index (χ3v) is 19.2. The fourth-order valence-electron chi connectivity index (χ4n) is 7.36. The molecule has 210 valence electrons. The van der Waals surface area contributed by atoms with Crippen molar-refractivity contribution in [2.75, 3.05) is 35.2 Å². The Kier molecular flexibility index (Phi) is 7.62. The number of nitrogens with one attached hydrogen (secondary N) is 5. The van der Waals surface area contributed by atoms with Crippen molar-refractivity contribution in [1.29, 1.82) is 0 Å². The lowest BCUT2D eigenvalue weighted by Gasteiger charge is -2.52. The van der Waals surface area contributed by atoms with Crippen molar-refractivity contribution in [3.63, 3.8) is 0 Å². The van der Waals surface area contributed by atoms with Crippen LogP contribution >= 0.6 is 22.6 Å². The molecule has 10 nitrogen and oxygen atoms in total. The van der Waals surface area contributed by atoms with Crippen molar-refractivity contribution in [1.82, 2.24) is 25.4 Å². The van der Waals surface area contributed by atoms with E-state index in [2.05, 4.69) is 56.5 Å². The average Bonchev–Trinajstić information content (AvgIpc) is 3.23. The molecule has 0 bridgehead atoms. The molecule has 6 atom stereocenters. The Labute approximate surface area is 228 Å². The molecule has 3 aliphatic carbocycles. The van der Waals surface area contributed by atoms with E-state index in [1.54, 1.807) is 0 Å². The lowest BCUT2D eigenvalue weighted by Crippen LogP contribution is -2.50. The van der Waals surface area contributed by atoms with E-state index < -0.39 is 28.2 Å². The van der Waals surface area contributed by atoms with E-state index in [9.17, 15) is 5.11 Å². The van der Waals surface area contributed by atoms with Gasteiger partial charge in [0, 0.05) is 5.41 Å². The molecule has 1 heterocycles. The second-order valence-electron chi connectivity index (χ2n) is 11.0. The largest absolute Gasteiger partial charge is 0.431 e. The second-order valence-corrected chi connectivity index (χ2v) is 19.1. The van der Waals surface area contributed by atoms with Crippen LogP contribution in [0.3, 0.4) is 0 Å². The van der Waals surface area contributed by atoms with E-state index >= 15 is 0 Å². The Bertz CT molecular complexity index is 1300. The third kappa shape index (κ3) is 4.31. The number of rotatable bonds is 7. The Balaban J connectivity index is 1.48. The van der Waals surface area contributed by atoms with Gasteiger partial charge in [0.05, 0.1) is 0 Å². The van der Waals surface area contributed by atoms with Gasteiger partial charge in [-0.3, -0.25) is 20.3 Å². The summed E-state index contributed by atoms with van der Waals surface area (Å²) >= 11 is 0. The van der Waals surface area contributed by atoms with E-state index in [1.807, 2.05) is 35.2 Å². The molecule has 1 unspecified atom stereocenters. The molecule has 0 aromatic heterocycles. The lowest BCUT2D eigenvalue weighted by atomic mass is 9.53. The number of terminal acetylenes is 1. The molecular formula is C25H43N8O2P3. The summed E-state index contributed by atoms with van der Waals surface area (Å²) < 4.78 is 21.8. The summed E-state index contributed by atoms with van der Waals surface area (Å²) in [6, 6.07) is 6.53. The molecular weight excluding hydrogens is 537 g/mol. The standard InChI is InChI=1S/C25H43N8O2P3/c1-8-25(34)16-14-23-22-11-9-18-17-19(10-12-20(18)21(22)13-15-24(23,25)2)35-38(30-7)32-36(26-3,27-4)31-37(28-5,29-6)33-38/h1,10,12,17,21-23,26-30,34H,9,11,13-16H2,2-7H3/t21-,22-,23+,24+,25+/m1/s1. The van der Waals surface area contributed by atoms with Crippen LogP contribution in [-0.2, 0) is 6.42 Å². The monoisotopic (exact) mass is 580 g/mol. The first-order chi connectivity index (χ1) is 18.1. The highest BCUT2D eigenvalue weighted by Gasteiger charge is 2.61. The van der Waals surface area contributed by atoms with E-state index in [0.717, 1.165) is 44.3 Å². The molecule has 13 heteroatoms. The Morgan fingerprint density at radius 2 is 1.63 bits per heavy atom. The summed E-state index contributed by atoms with van der Waals surface area (Å²) in [5.74, 6) is 5.08.